The molecule has 0 spiro atoms. The van der Waals surface area contributed by atoms with E-state index in [-0.39, 0.29) is 55.2 Å². The number of likely N-dealkylation sites (N-methyl/N-ethyl adjacent to an activating group) is 1. The topological polar surface area (TPSA) is 92.4 Å². The van der Waals surface area contributed by atoms with Crippen molar-refractivity contribution in [3.63, 3.8) is 0 Å². The molecule has 2 aromatic carbocycles. The van der Waals surface area contributed by atoms with Crippen molar-refractivity contribution in [3.8, 4) is 17.1 Å². The van der Waals surface area contributed by atoms with Crippen LogP contribution in [-0.2, 0) is 6.18 Å². The molecule has 0 amide bonds. The van der Waals surface area contributed by atoms with Crippen molar-refractivity contribution < 1.29 is 26.7 Å². The van der Waals surface area contributed by atoms with Gasteiger partial charge in [-0.25, -0.2) is 13.8 Å². The molecule has 0 radical (unpaired) electrons. The highest BCUT2D eigenvalue weighted by Gasteiger charge is 2.45. The molecule has 8 nitrogen and oxygen atoms in total. The largest absolute Gasteiger partial charge is 0.461 e. The second-order valence-electron chi connectivity index (χ2n) is 11.6. The molecular formula is C29H30F5N7OS. The van der Waals surface area contributed by atoms with Crippen LogP contribution in [0.2, 0.25) is 0 Å². The summed E-state index contributed by atoms with van der Waals surface area (Å²) in [5, 5.41) is 3.12. The molecule has 4 aromatic rings. The first-order valence-corrected chi connectivity index (χ1v) is 15.2. The smallest absolute Gasteiger partial charge is 0.417 e. The lowest BCUT2D eigenvalue weighted by Gasteiger charge is -2.31. The Morgan fingerprint density at radius 1 is 1.14 bits per heavy atom. The van der Waals surface area contributed by atoms with Gasteiger partial charge in [0.1, 0.15) is 23.8 Å². The number of nitrogens with zero attached hydrogens (tertiary/aromatic N) is 5. The Morgan fingerprint density at radius 2 is 1.91 bits per heavy atom. The van der Waals surface area contributed by atoms with Crippen molar-refractivity contribution in [2.75, 3.05) is 50.5 Å². The summed E-state index contributed by atoms with van der Waals surface area (Å²) in [6.07, 6.45) is -0.189. The average molecular weight is 620 g/mol. The Bertz CT molecular complexity index is 1710. The number of anilines is 2. The maximum atomic E-state index is 16.7. The quantitative estimate of drug-likeness (QED) is 0.270. The number of hydrogen-bond donors (Lipinski definition) is 2. The predicted octanol–water partition coefficient (Wildman–Crippen LogP) is 5.59. The summed E-state index contributed by atoms with van der Waals surface area (Å²) in [4.78, 5) is 17.2. The highest BCUT2D eigenvalue weighted by Crippen LogP contribution is 2.46. The van der Waals surface area contributed by atoms with Crippen LogP contribution in [0.4, 0.5) is 32.9 Å². The number of ether oxygens (including phenoxy) is 1. The fraction of sp³-hybridized carbons (Fsp3) is 0.483. The van der Waals surface area contributed by atoms with Crippen LogP contribution in [0.3, 0.4) is 0 Å². The molecule has 14 heteroatoms. The molecule has 1 unspecified atom stereocenters. The number of benzene rings is 2. The van der Waals surface area contributed by atoms with E-state index >= 15 is 4.39 Å². The summed E-state index contributed by atoms with van der Waals surface area (Å²) >= 11 is 0.785. The third kappa shape index (κ3) is 4.74. The van der Waals surface area contributed by atoms with Crippen molar-refractivity contribution in [1.82, 2.24) is 25.2 Å². The molecule has 3 fully saturated rings. The zero-order valence-corrected chi connectivity index (χ0v) is 24.2. The molecule has 43 heavy (non-hydrogen) atoms. The molecule has 228 valence electrons. The fourth-order valence-corrected chi connectivity index (χ4v) is 7.77. The SMILES string of the molecule is CN(c1nc(OCC23CCCN2CCC3)nc2c(F)c(-c3ccc(F)c4sc(N)nc34)c(C(F)(F)F)cc12)C1CCNC1. The van der Waals surface area contributed by atoms with Crippen LogP contribution in [0.5, 0.6) is 6.01 Å². The van der Waals surface area contributed by atoms with Crippen LogP contribution in [-0.4, -0.2) is 71.3 Å². The van der Waals surface area contributed by atoms with Gasteiger partial charge in [0.2, 0.25) is 0 Å². The van der Waals surface area contributed by atoms with Crippen molar-refractivity contribution in [2.45, 2.75) is 49.9 Å². The second-order valence-corrected chi connectivity index (χ2v) is 12.7. The molecule has 5 heterocycles. The zero-order chi connectivity index (χ0) is 30.1. The molecule has 0 saturated carbocycles. The Hall–Kier alpha value is -3.36. The van der Waals surface area contributed by atoms with Gasteiger partial charge in [-0.3, -0.25) is 4.90 Å². The van der Waals surface area contributed by atoms with Gasteiger partial charge in [0.25, 0.3) is 0 Å². The maximum Gasteiger partial charge on any atom is 0.417 e. The van der Waals surface area contributed by atoms with Gasteiger partial charge in [0.15, 0.2) is 10.9 Å². The van der Waals surface area contributed by atoms with Crippen LogP contribution >= 0.6 is 11.3 Å². The van der Waals surface area contributed by atoms with E-state index < -0.39 is 28.9 Å². The first-order chi connectivity index (χ1) is 20.6. The van der Waals surface area contributed by atoms with Crippen molar-refractivity contribution in [2.24, 2.45) is 0 Å². The zero-order valence-electron chi connectivity index (χ0n) is 23.4. The van der Waals surface area contributed by atoms with Crippen LogP contribution in [0.15, 0.2) is 18.2 Å². The number of nitrogens with two attached hydrogens (primary N) is 1. The number of rotatable bonds is 6. The number of fused-ring (bicyclic) bond motifs is 3. The molecule has 0 aliphatic carbocycles. The minimum atomic E-state index is -4.96. The Kier molecular flexibility index (Phi) is 6.86. The first kappa shape index (κ1) is 28.4. The summed E-state index contributed by atoms with van der Waals surface area (Å²) in [6.45, 7) is 3.61. The lowest BCUT2D eigenvalue weighted by molar-refractivity contribution is -0.137. The van der Waals surface area contributed by atoms with Gasteiger partial charge in [-0.05, 0) is 69.9 Å². The fourth-order valence-electron chi connectivity index (χ4n) is 7.01. The molecule has 7 rings (SSSR count). The van der Waals surface area contributed by atoms with Crippen LogP contribution in [0.1, 0.15) is 37.7 Å². The second kappa shape index (κ2) is 10.4. The van der Waals surface area contributed by atoms with Gasteiger partial charge in [-0.2, -0.15) is 23.1 Å². The van der Waals surface area contributed by atoms with E-state index in [1.165, 1.54) is 0 Å². The highest BCUT2D eigenvalue weighted by molar-refractivity contribution is 7.22. The molecular weight excluding hydrogens is 589 g/mol. The average Bonchev–Trinajstić information content (AvgIpc) is 3.76. The minimum absolute atomic E-state index is 0.0459. The van der Waals surface area contributed by atoms with E-state index in [0.717, 1.165) is 81.3 Å². The van der Waals surface area contributed by atoms with E-state index in [4.69, 9.17) is 10.5 Å². The Labute approximate surface area is 248 Å². The van der Waals surface area contributed by atoms with Crippen molar-refractivity contribution in [1.29, 1.82) is 0 Å². The van der Waals surface area contributed by atoms with Crippen molar-refractivity contribution >= 4 is 43.4 Å². The summed E-state index contributed by atoms with van der Waals surface area (Å²) in [6, 6.07) is 2.80. The van der Waals surface area contributed by atoms with Gasteiger partial charge in [0, 0.05) is 36.1 Å². The third-order valence-corrected chi connectivity index (χ3v) is 10.1. The minimum Gasteiger partial charge on any atom is -0.461 e. The molecule has 3 aliphatic heterocycles. The predicted molar refractivity (Wildman–Crippen MR) is 155 cm³/mol. The summed E-state index contributed by atoms with van der Waals surface area (Å²) < 4.78 is 81.4. The van der Waals surface area contributed by atoms with Gasteiger partial charge < -0.3 is 20.7 Å². The number of alkyl halides is 3. The number of hydrogen-bond acceptors (Lipinski definition) is 9. The van der Waals surface area contributed by atoms with Crippen LogP contribution in [0.25, 0.3) is 32.2 Å². The summed E-state index contributed by atoms with van der Waals surface area (Å²) in [5.74, 6) is -1.77. The first-order valence-electron chi connectivity index (χ1n) is 14.3. The highest BCUT2D eigenvalue weighted by atomic mass is 32.1. The maximum absolute atomic E-state index is 16.7. The van der Waals surface area contributed by atoms with Gasteiger partial charge in [-0.15, -0.1) is 0 Å². The standard InChI is InChI=1S/C29H30F5N7OS/c1-40(15-6-9-36-13-15)25-17-12-18(29(32,33)34)20(16-4-5-19(30)24-23(16)37-26(35)43-24)21(31)22(17)38-27(39-25)42-14-28-7-2-10-41(28)11-3-8-28/h4-5,12,15,36H,2-3,6-11,13-14H2,1H3,(H2,35,37). The molecule has 0 bridgehead atoms. The van der Waals surface area contributed by atoms with Crippen LogP contribution in [0, 0.1) is 11.6 Å². The molecule has 2 aromatic heterocycles. The Balaban J connectivity index is 1.44. The molecule has 3 saturated heterocycles. The van der Waals surface area contributed by atoms with Gasteiger partial charge in [-0.1, -0.05) is 11.3 Å². The molecule has 3 N–H and O–H groups in total. The number of halogens is 5. The van der Waals surface area contributed by atoms with Gasteiger partial charge >= 0.3 is 12.2 Å². The number of nitrogen functional groups attached to an aromatic ring is 1. The third-order valence-electron chi connectivity index (χ3n) is 9.17. The van der Waals surface area contributed by atoms with E-state index in [9.17, 15) is 17.6 Å². The normalized spacial score (nSPS) is 20.4. The van der Waals surface area contributed by atoms with E-state index in [2.05, 4.69) is 25.2 Å². The number of aromatic nitrogens is 3. The molecule has 3 aliphatic rings. The van der Waals surface area contributed by atoms with Crippen LogP contribution < -0.4 is 20.7 Å². The lowest BCUT2D eigenvalue weighted by atomic mass is 9.95. The monoisotopic (exact) mass is 619 g/mol. The number of nitrogens with one attached hydrogen (secondary N) is 1. The lowest BCUT2D eigenvalue weighted by Crippen LogP contribution is -2.43. The summed E-state index contributed by atoms with van der Waals surface area (Å²) in [5.41, 5.74) is 2.95. The van der Waals surface area contributed by atoms with E-state index in [1.807, 2.05) is 0 Å². The Morgan fingerprint density at radius 3 is 2.60 bits per heavy atom. The summed E-state index contributed by atoms with van der Waals surface area (Å²) in [7, 11) is 1.73. The number of thiazole rings is 1. The van der Waals surface area contributed by atoms with E-state index in [0.29, 0.717) is 13.2 Å². The van der Waals surface area contributed by atoms with Crippen molar-refractivity contribution in [3.05, 3.63) is 35.4 Å². The van der Waals surface area contributed by atoms with E-state index in [1.54, 1.807) is 11.9 Å². The van der Waals surface area contributed by atoms with Gasteiger partial charge in [0.05, 0.1) is 21.3 Å². The molecule has 1 atom stereocenters.